The van der Waals surface area contributed by atoms with E-state index in [4.69, 9.17) is 4.74 Å². The fraction of sp³-hybridized carbons (Fsp3) is 0.364. The Bertz CT molecular complexity index is 1090. The predicted molar refractivity (Wildman–Crippen MR) is 107 cm³/mol. The van der Waals surface area contributed by atoms with Gasteiger partial charge in [-0.2, -0.15) is 13.2 Å². The van der Waals surface area contributed by atoms with E-state index < -0.39 is 23.3 Å². The third kappa shape index (κ3) is 3.74. The summed E-state index contributed by atoms with van der Waals surface area (Å²) in [6.45, 7) is 5.28. The Morgan fingerprint density at radius 1 is 1.13 bits per heavy atom. The molecule has 0 aliphatic heterocycles. The second kappa shape index (κ2) is 6.75. The summed E-state index contributed by atoms with van der Waals surface area (Å²) in [6.07, 6.45) is -1.20. The summed E-state index contributed by atoms with van der Waals surface area (Å²) >= 11 is 0. The van der Waals surface area contributed by atoms with Gasteiger partial charge in [-0.05, 0) is 51.3 Å². The van der Waals surface area contributed by atoms with Crippen molar-refractivity contribution in [2.75, 3.05) is 5.32 Å². The first-order valence-electron chi connectivity index (χ1n) is 9.64. The number of hydrogen-bond donors (Lipinski definition) is 1. The lowest BCUT2D eigenvalue weighted by Gasteiger charge is -2.20. The smallest absolute Gasteiger partial charge is 0.413 e. The summed E-state index contributed by atoms with van der Waals surface area (Å²) < 4.78 is 47.2. The fourth-order valence-corrected chi connectivity index (χ4v) is 3.53. The number of ether oxygens (including phenoxy) is 1. The summed E-state index contributed by atoms with van der Waals surface area (Å²) in [6, 6.07) is 10.0. The number of carbonyl (C=O) groups excluding carboxylic acids is 1. The van der Waals surface area contributed by atoms with Crippen molar-refractivity contribution >= 4 is 17.4 Å². The molecule has 30 heavy (non-hydrogen) atoms. The van der Waals surface area contributed by atoms with E-state index in [0.29, 0.717) is 11.3 Å². The molecule has 1 aliphatic carbocycles. The molecule has 0 atom stereocenters. The average Bonchev–Trinajstić information content (AvgIpc) is 3.32. The zero-order valence-corrected chi connectivity index (χ0v) is 16.9. The van der Waals surface area contributed by atoms with Gasteiger partial charge in [-0.15, -0.1) is 0 Å². The lowest BCUT2D eigenvalue weighted by molar-refractivity contribution is -0.160. The zero-order chi connectivity index (χ0) is 21.7. The van der Waals surface area contributed by atoms with E-state index in [1.165, 1.54) is 12.1 Å². The summed E-state index contributed by atoms with van der Waals surface area (Å²) in [4.78, 5) is 16.6. The van der Waals surface area contributed by atoms with Crippen LogP contribution in [0.2, 0.25) is 0 Å². The van der Waals surface area contributed by atoms with Gasteiger partial charge in [0.1, 0.15) is 5.60 Å². The van der Waals surface area contributed by atoms with Crippen molar-refractivity contribution in [3.05, 3.63) is 54.4 Å². The highest BCUT2D eigenvalue weighted by Crippen LogP contribution is 2.58. The molecular weight excluding hydrogens is 395 g/mol. The number of amides is 1. The molecule has 0 unspecified atom stereocenters. The van der Waals surface area contributed by atoms with E-state index in [1.807, 2.05) is 12.1 Å². The number of rotatable bonds is 3. The van der Waals surface area contributed by atoms with Crippen LogP contribution in [0.4, 0.5) is 23.8 Å². The third-order valence-corrected chi connectivity index (χ3v) is 5.15. The number of benzene rings is 1. The van der Waals surface area contributed by atoms with E-state index in [-0.39, 0.29) is 24.2 Å². The number of aromatic nitrogens is 2. The highest BCUT2D eigenvalue weighted by Gasteiger charge is 2.64. The average molecular weight is 417 g/mol. The maximum Gasteiger partial charge on any atom is 0.413 e. The van der Waals surface area contributed by atoms with Crippen molar-refractivity contribution < 1.29 is 22.7 Å². The Balaban J connectivity index is 1.67. The molecule has 2 heterocycles. The number of halogens is 3. The van der Waals surface area contributed by atoms with Crippen LogP contribution in [0.3, 0.4) is 0 Å². The van der Waals surface area contributed by atoms with E-state index in [2.05, 4.69) is 10.3 Å². The monoisotopic (exact) mass is 417 g/mol. The highest BCUT2D eigenvalue weighted by molar-refractivity contribution is 5.86. The molecule has 4 rings (SSSR count). The van der Waals surface area contributed by atoms with E-state index in [1.54, 1.807) is 49.7 Å². The highest BCUT2D eigenvalue weighted by atomic mass is 19.4. The molecule has 1 saturated carbocycles. The van der Waals surface area contributed by atoms with Gasteiger partial charge in [-0.25, -0.2) is 9.78 Å². The van der Waals surface area contributed by atoms with Crippen molar-refractivity contribution in [1.82, 2.24) is 9.38 Å². The maximum absolute atomic E-state index is 13.4. The Morgan fingerprint density at radius 2 is 1.80 bits per heavy atom. The molecule has 0 spiro atoms. The van der Waals surface area contributed by atoms with E-state index in [9.17, 15) is 18.0 Å². The Hall–Kier alpha value is -3.03. The molecular formula is C22H22F3N3O2. The molecule has 1 amide bonds. The minimum atomic E-state index is -4.25. The van der Waals surface area contributed by atoms with Gasteiger partial charge < -0.3 is 9.14 Å². The second-order valence-electron chi connectivity index (χ2n) is 8.56. The summed E-state index contributed by atoms with van der Waals surface area (Å²) in [5, 5.41) is 2.61. The molecule has 0 radical (unpaired) electrons. The minimum Gasteiger partial charge on any atom is -0.444 e. The van der Waals surface area contributed by atoms with Crippen molar-refractivity contribution in [2.45, 2.75) is 50.8 Å². The van der Waals surface area contributed by atoms with Gasteiger partial charge in [0, 0.05) is 11.8 Å². The summed E-state index contributed by atoms with van der Waals surface area (Å²) in [5.74, 6) is 0.279. The molecule has 1 N–H and O–H groups in total. The van der Waals surface area contributed by atoms with Crippen LogP contribution in [0.5, 0.6) is 0 Å². The number of fused-ring (bicyclic) bond motifs is 1. The van der Waals surface area contributed by atoms with Crippen LogP contribution in [-0.4, -0.2) is 27.3 Å². The molecule has 8 heteroatoms. The van der Waals surface area contributed by atoms with Crippen molar-refractivity contribution in [3.63, 3.8) is 0 Å². The number of anilines is 1. The van der Waals surface area contributed by atoms with Gasteiger partial charge >= 0.3 is 12.3 Å². The number of hydrogen-bond acceptors (Lipinski definition) is 3. The first-order chi connectivity index (χ1) is 14.0. The Morgan fingerprint density at radius 3 is 2.37 bits per heavy atom. The first-order valence-corrected chi connectivity index (χ1v) is 9.64. The molecule has 0 bridgehead atoms. The largest absolute Gasteiger partial charge is 0.444 e. The van der Waals surface area contributed by atoms with E-state index in [0.717, 1.165) is 5.52 Å². The van der Waals surface area contributed by atoms with Crippen molar-refractivity contribution in [2.24, 2.45) is 0 Å². The third-order valence-electron chi connectivity index (χ3n) is 5.15. The maximum atomic E-state index is 13.4. The molecule has 1 aromatic carbocycles. The van der Waals surface area contributed by atoms with E-state index >= 15 is 0 Å². The van der Waals surface area contributed by atoms with Crippen LogP contribution in [0.25, 0.3) is 16.8 Å². The quantitative estimate of drug-likeness (QED) is 0.574. The number of alkyl halides is 3. The molecule has 3 aromatic rings. The molecule has 158 valence electrons. The summed E-state index contributed by atoms with van der Waals surface area (Å²) in [7, 11) is 0. The van der Waals surface area contributed by atoms with Gasteiger partial charge in [0.2, 0.25) is 0 Å². The number of nitrogens with one attached hydrogen (secondary N) is 1. The van der Waals surface area contributed by atoms with Crippen LogP contribution >= 0.6 is 0 Å². The van der Waals surface area contributed by atoms with Gasteiger partial charge in [0.25, 0.3) is 0 Å². The molecule has 1 aliphatic rings. The van der Waals surface area contributed by atoms with Gasteiger partial charge in [0.05, 0.1) is 22.8 Å². The van der Waals surface area contributed by atoms with Crippen molar-refractivity contribution in [3.8, 4) is 11.3 Å². The molecule has 1 fully saturated rings. The number of nitrogens with zero attached hydrogens (tertiary/aromatic N) is 2. The molecule has 0 saturated heterocycles. The Labute approximate surface area is 171 Å². The van der Waals surface area contributed by atoms with Gasteiger partial charge in [-0.1, -0.05) is 24.3 Å². The first kappa shape index (κ1) is 20.3. The Kier molecular flexibility index (Phi) is 4.56. The topological polar surface area (TPSA) is 55.6 Å². The van der Waals surface area contributed by atoms with Crippen molar-refractivity contribution in [1.29, 1.82) is 0 Å². The SMILES string of the molecule is CC(C)(C)OC(=O)Nc1cn2cccc2c(-c2ccc(C3(C(F)(F)F)CC3)cc2)n1. The second-order valence-corrected chi connectivity index (χ2v) is 8.56. The lowest BCUT2D eigenvalue weighted by Crippen LogP contribution is -2.28. The normalized spacial score (nSPS) is 15.8. The molecule has 5 nitrogen and oxygen atoms in total. The summed E-state index contributed by atoms with van der Waals surface area (Å²) in [5.41, 5.74) is -0.117. The van der Waals surface area contributed by atoms with Crippen LogP contribution in [0.15, 0.2) is 48.8 Å². The standard InChI is InChI=1S/C22H22F3N3O2/c1-20(2,3)30-19(29)27-17-13-28-12-4-5-16(28)18(26-17)14-6-8-15(9-7-14)21(10-11-21)22(23,24)25/h4-9,12-13H,10-11H2,1-3H3,(H,27,29). The minimum absolute atomic E-state index is 0.117. The van der Waals surface area contributed by atoms with Crippen LogP contribution in [0.1, 0.15) is 39.2 Å². The zero-order valence-electron chi connectivity index (χ0n) is 16.9. The number of carbonyl (C=O) groups is 1. The fourth-order valence-electron chi connectivity index (χ4n) is 3.53. The molecule has 2 aromatic heterocycles. The van der Waals surface area contributed by atoms with Crippen LogP contribution in [0, 0.1) is 0 Å². The van der Waals surface area contributed by atoms with Crippen LogP contribution in [-0.2, 0) is 10.2 Å². The lowest BCUT2D eigenvalue weighted by atomic mass is 9.94. The predicted octanol–water partition coefficient (Wildman–Crippen LogP) is 5.94. The van der Waals surface area contributed by atoms with Gasteiger partial charge in [-0.3, -0.25) is 5.32 Å². The van der Waals surface area contributed by atoms with Crippen LogP contribution < -0.4 is 5.32 Å². The van der Waals surface area contributed by atoms with Gasteiger partial charge in [0.15, 0.2) is 5.82 Å².